The summed E-state index contributed by atoms with van der Waals surface area (Å²) in [5.74, 6) is 0. The normalized spacial score (nSPS) is 13.5. The molecule has 0 saturated carbocycles. The van der Waals surface area contributed by atoms with Gasteiger partial charge in [0.25, 0.3) is 0 Å². The van der Waals surface area contributed by atoms with Gasteiger partial charge in [-0.15, -0.1) is 0 Å². The van der Waals surface area contributed by atoms with Crippen molar-refractivity contribution in [2.45, 2.75) is 24.7 Å². The van der Waals surface area contributed by atoms with E-state index in [1.165, 1.54) is 111 Å². The first-order valence-electron chi connectivity index (χ1n) is 27.2. The Morgan fingerprint density at radius 2 is 0.756 bits per heavy atom. The monoisotopic (exact) mass is 994 g/mol. The number of hydrogen-bond acceptors (Lipinski definition) is 1. The molecular formula is C76H54N2. The Kier molecular flexibility index (Phi) is 10.5. The molecule has 2 nitrogen and oxygen atoms in total. The van der Waals surface area contributed by atoms with Crippen molar-refractivity contribution < 1.29 is 0 Å². The fourth-order valence-electron chi connectivity index (χ4n) is 13.4. The average Bonchev–Trinajstić information content (AvgIpc) is 4.31. The van der Waals surface area contributed by atoms with E-state index in [9.17, 15) is 0 Å². The van der Waals surface area contributed by atoms with Gasteiger partial charge in [0.1, 0.15) is 0 Å². The molecule has 2 heteroatoms. The molecule has 0 atom stereocenters. The number of benzene rings is 12. The summed E-state index contributed by atoms with van der Waals surface area (Å²) >= 11 is 0. The lowest BCUT2D eigenvalue weighted by Crippen LogP contribution is -2.28. The van der Waals surface area contributed by atoms with Crippen molar-refractivity contribution in [2.75, 3.05) is 4.90 Å². The van der Waals surface area contributed by atoms with Crippen molar-refractivity contribution in [3.05, 3.63) is 325 Å². The smallest absolute Gasteiger partial charge is 0.0713 e. The van der Waals surface area contributed by atoms with Crippen molar-refractivity contribution in [1.29, 1.82) is 0 Å². The second-order valence-corrected chi connectivity index (χ2v) is 21.6. The molecule has 13 aromatic rings. The Morgan fingerprint density at radius 3 is 1.45 bits per heavy atom. The predicted molar refractivity (Wildman–Crippen MR) is 327 cm³/mol. The highest BCUT2D eigenvalue weighted by molar-refractivity contribution is 6.10. The van der Waals surface area contributed by atoms with Gasteiger partial charge in [-0.2, -0.15) is 0 Å². The summed E-state index contributed by atoms with van der Waals surface area (Å²) in [6.07, 6.45) is 0. The second kappa shape index (κ2) is 17.9. The quantitative estimate of drug-likeness (QED) is 0.140. The predicted octanol–water partition coefficient (Wildman–Crippen LogP) is 19.9. The summed E-state index contributed by atoms with van der Waals surface area (Å²) < 4.78 is 2.46. The van der Waals surface area contributed by atoms with E-state index in [2.05, 4.69) is 315 Å². The van der Waals surface area contributed by atoms with Crippen LogP contribution in [-0.4, -0.2) is 4.57 Å². The standard InChI is InChI=1S/C76H54N2/c1-75(2)69-30-15-12-27-63(69)65-44-42-62(50-72(65)75)78-73-32-17-14-29-66(73)68-48-56(37-46-74(68)78)55-22-18-21-54(47-55)53-35-40-60(41-36-53)77(59-38-33-52(34-39-59)51-19-6-3-7-20-51)61-43-45-71-67(49-61)64-28-13-16-31-70(64)76(71,57-23-8-4-9-24-57)58-25-10-5-11-26-58/h3-50H,1-2H3. The van der Waals surface area contributed by atoms with Gasteiger partial charge >= 0.3 is 0 Å². The van der Waals surface area contributed by atoms with Gasteiger partial charge in [0, 0.05) is 38.9 Å². The summed E-state index contributed by atoms with van der Waals surface area (Å²) in [6, 6.07) is 108. The van der Waals surface area contributed by atoms with E-state index >= 15 is 0 Å². The van der Waals surface area contributed by atoms with E-state index in [-0.39, 0.29) is 5.41 Å². The average molecular weight is 995 g/mol. The summed E-state index contributed by atoms with van der Waals surface area (Å²) in [5.41, 5.74) is 26.5. The van der Waals surface area contributed by atoms with Crippen LogP contribution in [0.3, 0.4) is 0 Å². The SMILES string of the molecule is CC1(C)c2ccccc2-c2ccc(-n3c4ccccc4c4cc(-c5cccc(-c6ccc(N(c7ccc(-c8ccccc8)cc7)c7ccc8c(c7)-c7ccccc7C8(c7ccccc7)c7ccccc7)cc6)c5)ccc43)cc21. The first-order chi connectivity index (χ1) is 38.4. The van der Waals surface area contributed by atoms with Gasteiger partial charge < -0.3 is 9.47 Å². The van der Waals surface area contributed by atoms with E-state index in [1.54, 1.807) is 0 Å². The Balaban J connectivity index is 0.806. The van der Waals surface area contributed by atoms with Crippen LogP contribution in [0.15, 0.2) is 291 Å². The molecular weight excluding hydrogens is 941 g/mol. The molecule has 1 heterocycles. The van der Waals surface area contributed by atoms with Crippen LogP contribution in [0.4, 0.5) is 17.1 Å². The molecule has 0 unspecified atom stereocenters. The highest BCUT2D eigenvalue weighted by atomic mass is 15.1. The van der Waals surface area contributed by atoms with Gasteiger partial charge in [0.15, 0.2) is 0 Å². The first-order valence-corrected chi connectivity index (χ1v) is 27.2. The summed E-state index contributed by atoms with van der Waals surface area (Å²) in [7, 11) is 0. The van der Waals surface area contributed by atoms with Crippen LogP contribution in [-0.2, 0) is 10.8 Å². The van der Waals surface area contributed by atoms with Crippen LogP contribution in [0, 0.1) is 0 Å². The zero-order valence-corrected chi connectivity index (χ0v) is 43.6. The van der Waals surface area contributed by atoms with Gasteiger partial charge in [-0.3, -0.25) is 0 Å². The fraction of sp³-hybridized carbons (Fsp3) is 0.0526. The minimum atomic E-state index is -0.468. The van der Waals surface area contributed by atoms with Crippen LogP contribution >= 0.6 is 0 Å². The van der Waals surface area contributed by atoms with Crippen molar-refractivity contribution in [2.24, 2.45) is 0 Å². The van der Waals surface area contributed by atoms with Crippen LogP contribution in [0.25, 0.3) is 83.1 Å². The Bertz CT molecular complexity index is 4390. The molecule has 0 bridgehead atoms. The molecule has 0 amide bonds. The van der Waals surface area contributed by atoms with E-state index in [1.807, 2.05) is 0 Å². The third-order valence-electron chi connectivity index (χ3n) is 17.1. The highest BCUT2D eigenvalue weighted by Gasteiger charge is 2.46. The lowest BCUT2D eigenvalue weighted by molar-refractivity contribution is 0.660. The molecule has 2 aliphatic rings. The molecule has 0 fully saturated rings. The molecule has 0 spiro atoms. The van der Waals surface area contributed by atoms with E-state index in [0.717, 1.165) is 22.6 Å². The molecule has 0 radical (unpaired) electrons. The van der Waals surface area contributed by atoms with Gasteiger partial charge in [-0.1, -0.05) is 232 Å². The second-order valence-electron chi connectivity index (χ2n) is 21.6. The van der Waals surface area contributed by atoms with Gasteiger partial charge in [-0.25, -0.2) is 0 Å². The topological polar surface area (TPSA) is 8.17 Å². The number of hydrogen-bond donors (Lipinski definition) is 0. The van der Waals surface area contributed by atoms with Gasteiger partial charge in [0.05, 0.1) is 16.4 Å². The summed E-state index contributed by atoms with van der Waals surface area (Å²) in [4.78, 5) is 2.41. The number of rotatable bonds is 9. The summed E-state index contributed by atoms with van der Waals surface area (Å²) in [5, 5.41) is 2.50. The highest BCUT2D eigenvalue weighted by Crippen LogP contribution is 2.57. The molecule has 15 rings (SSSR count). The van der Waals surface area contributed by atoms with Crippen molar-refractivity contribution >= 4 is 38.9 Å². The van der Waals surface area contributed by atoms with Gasteiger partial charge in [0.2, 0.25) is 0 Å². The molecule has 0 aliphatic heterocycles. The molecule has 12 aromatic carbocycles. The van der Waals surface area contributed by atoms with Crippen LogP contribution < -0.4 is 4.90 Å². The van der Waals surface area contributed by atoms with Crippen molar-refractivity contribution in [3.63, 3.8) is 0 Å². The lowest BCUT2D eigenvalue weighted by atomic mass is 9.68. The van der Waals surface area contributed by atoms with Crippen LogP contribution in [0.1, 0.15) is 47.2 Å². The van der Waals surface area contributed by atoms with Gasteiger partial charge in [-0.05, 0) is 162 Å². The zero-order chi connectivity index (χ0) is 52.0. The number of aromatic nitrogens is 1. The Hall–Kier alpha value is -9.76. The van der Waals surface area contributed by atoms with Crippen LogP contribution in [0.5, 0.6) is 0 Å². The number of fused-ring (bicyclic) bond motifs is 9. The number of anilines is 3. The lowest BCUT2D eigenvalue weighted by Gasteiger charge is -2.34. The Morgan fingerprint density at radius 1 is 0.282 bits per heavy atom. The molecule has 78 heavy (non-hydrogen) atoms. The van der Waals surface area contributed by atoms with Crippen LogP contribution in [0.2, 0.25) is 0 Å². The number of nitrogens with zero attached hydrogens (tertiary/aromatic N) is 2. The maximum absolute atomic E-state index is 2.46. The maximum atomic E-state index is 2.46. The van der Waals surface area contributed by atoms with Crippen molar-refractivity contribution in [1.82, 2.24) is 4.57 Å². The van der Waals surface area contributed by atoms with Crippen molar-refractivity contribution in [3.8, 4) is 61.3 Å². The molecule has 1 aromatic heterocycles. The van der Waals surface area contributed by atoms with E-state index in [0.29, 0.717) is 0 Å². The maximum Gasteiger partial charge on any atom is 0.0713 e. The third-order valence-corrected chi connectivity index (χ3v) is 17.1. The minimum Gasteiger partial charge on any atom is -0.310 e. The number of para-hydroxylation sites is 1. The molecule has 0 saturated heterocycles. The van der Waals surface area contributed by atoms with E-state index in [4.69, 9.17) is 0 Å². The first kappa shape index (κ1) is 45.6. The van der Waals surface area contributed by atoms with E-state index < -0.39 is 5.41 Å². The summed E-state index contributed by atoms with van der Waals surface area (Å²) in [6.45, 7) is 4.72. The molecule has 2 aliphatic carbocycles. The largest absolute Gasteiger partial charge is 0.310 e. The minimum absolute atomic E-state index is 0.0797. The zero-order valence-electron chi connectivity index (χ0n) is 43.6. The fourth-order valence-corrected chi connectivity index (χ4v) is 13.4. The Labute approximate surface area is 456 Å². The molecule has 368 valence electrons. The molecule has 0 N–H and O–H groups in total. The third kappa shape index (κ3) is 7.03.